The molecule has 0 radical (unpaired) electrons. The molecule has 2 aromatic rings. The number of amides is 3. The molecule has 0 aliphatic carbocycles. The summed E-state index contributed by atoms with van der Waals surface area (Å²) in [4.78, 5) is 23.9. The van der Waals surface area contributed by atoms with Crippen LogP contribution in [0.1, 0.15) is 36.2 Å². The molecule has 3 amide bonds. The normalized spacial score (nSPS) is 10.7. The highest BCUT2D eigenvalue weighted by Gasteiger charge is 2.12. The number of benzene rings is 1. The van der Waals surface area contributed by atoms with Gasteiger partial charge in [0.15, 0.2) is 0 Å². The number of aryl methyl sites for hydroxylation is 2. The molecule has 26 heavy (non-hydrogen) atoms. The number of aromatic nitrogens is 2. The van der Waals surface area contributed by atoms with E-state index in [1.807, 2.05) is 31.6 Å². The van der Waals surface area contributed by atoms with E-state index in [2.05, 4.69) is 21.0 Å². The van der Waals surface area contributed by atoms with E-state index in [4.69, 9.17) is 11.6 Å². The summed E-state index contributed by atoms with van der Waals surface area (Å²) < 4.78 is 1.84. The Hall–Kier alpha value is -2.54. The minimum atomic E-state index is -0.322. The molecule has 0 saturated carbocycles. The van der Waals surface area contributed by atoms with Crippen LogP contribution < -0.4 is 16.0 Å². The number of halogens is 1. The zero-order valence-corrected chi connectivity index (χ0v) is 15.9. The number of nitrogens with one attached hydrogen (secondary N) is 3. The smallest absolute Gasteiger partial charge is 0.319 e. The van der Waals surface area contributed by atoms with Gasteiger partial charge in [-0.3, -0.25) is 9.48 Å². The molecule has 0 aliphatic rings. The van der Waals surface area contributed by atoms with Gasteiger partial charge in [0.05, 0.1) is 16.8 Å². The highest BCUT2D eigenvalue weighted by atomic mass is 35.5. The van der Waals surface area contributed by atoms with E-state index in [0.29, 0.717) is 17.8 Å². The van der Waals surface area contributed by atoms with Crippen LogP contribution in [0, 0.1) is 6.92 Å². The molecule has 2 rings (SSSR count). The number of anilines is 1. The summed E-state index contributed by atoms with van der Waals surface area (Å²) in [7, 11) is 0. The van der Waals surface area contributed by atoms with Gasteiger partial charge in [-0.25, -0.2) is 4.79 Å². The molecule has 1 aromatic carbocycles. The second-order valence-corrected chi connectivity index (χ2v) is 6.75. The summed E-state index contributed by atoms with van der Waals surface area (Å²) in [5.41, 5.74) is 2.01. The Bertz CT molecular complexity index is 773. The first-order valence-electron chi connectivity index (χ1n) is 8.49. The van der Waals surface area contributed by atoms with E-state index in [0.717, 1.165) is 18.5 Å². The molecule has 0 unspecified atom stereocenters. The van der Waals surface area contributed by atoms with Gasteiger partial charge in [0, 0.05) is 31.0 Å². The minimum Gasteiger partial charge on any atom is -0.350 e. The van der Waals surface area contributed by atoms with Crippen molar-refractivity contribution in [1.82, 2.24) is 20.4 Å². The van der Waals surface area contributed by atoms with Crippen LogP contribution in [0.4, 0.5) is 10.5 Å². The van der Waals surface area contributed by atoms with Crippen molar-refractivity contribution in [1.29, 1.82) is 0 Å². The molecule has 1 aromatic heterocycles. The second kappa shape index (κ2) is 9.24. The van der Waals surface area contributed by atoms with Crippen LogP contribution in [-0.2, 0) is 6.54 Å². The van der Waals surface area contributed by atoms with Gasteiger partial charge in [0.25, 0.3) is 5.91 Å². The van der Waals surface area contributed by atoms with Crippen molar-refractivity contribution in [2.75, 3.05) is 11.9 Å². The number of rotatable bonds is 7. The molecule has 0 saturated heterocycles. The first-order chi connectivity index (χ1) is 12.3. The molecule has 8 heteroatoms. The van der Waals surface area contributed by atoms with Crippen molar-refractivity contribution in [2.24, 2.45) is 0 Å². The average Bonchev–Trinajstić information content (AvgIpc) is 2.96. The van der Waals surface area contributed by atoms with Crippen LogP contribution in [0.3, 0.4) is 0 Å². The summed E-state index contributed by atoms with van der Waals surface area (Å²) in [6.07, 6.45) is 4.53. The van der Waals surface area contributed by atoms with Crippen LogP contribution >= 0.6 is 11.6 Å². The van der Waals surface area contributed by atoms with Gasteiger partial charge in [0.2, 0.25) is 0 Å². The third-order valence-electron chi connectivity index (χ3n) is 3.50. The lowest BCUT2D eigenvalue weighted by Gasteiger charge is -2.12. The molecule has 7 nitrogen and oxygen atoms in total. The van der Waals surface area contributed by atoms with E-state index in [1.54, 1.807) is 24.4 Å². The van der Waals surface area contributed by atoms with Crippen molar-refractivity contribution in [2.45, 2.75) is 39.8 Å². The van der Waals surface area contributed by atoms with Crippen molar-refractivity contribution in [3.05, 3.63) is 46.7 Å². The average molecular weight is 378 g/mol. The maximum Gasteiger partial charge on any atom is 0.319 e. The van der Waals surface area contributed by atoms with E-state index >= 15 is 0 Å². The van der Waals surface area contributed by atoms with Crippen molar-refractivity contribution in [3.63, 3.8) is 0 Å². The van der Waals surface area contributed by atoms with Crippen LogP contribution in [-0.4, -0.2) is 34.3 Å². The molecule has 1 heterocycles. The van der Waals surface area contributed by atoms with E-state index in [-0.39, 0.29) is 23.0 Å². The predicted octanol–water partition coefficient (Wildman–Crippen LogP) is 3.19. The van der Waals surface area contributed by atoms with Crippen LogP contribution in [0.2, 0.25) is 5.02 Å². The third-order valence-corrected chi connectivity index (χ3v) is 3.82. The molecule has 0 spiro atoms. The summed E-state index contributed by atoms with van der Waals surface area (Å²) in [6.45, 7) is 6.99. The largest absolute Gasteiger partial charge is 0.350 e. The van der Waals surface area contributed by atoms with Gasteiger partial charge >= 0.3 is 6.03 Å². The van der Waals surface area contributed by atoms with Gasteiger partial charge < -0.3 is 16.0 Å². The quantitative estimate of drug-likeness (QED) is 0.647. The number of nitrogens with zero attached hydrogens (tertiary/aromatic N) is 2. The van der Waals surface area contributed by atoms with Gasteiger partial charge in [-0.2, -0.15) is 5.10 Å². The molecular weight excluding hydrogens is 354 g/mol. The van der Waals surface area contributed by atoms with Gasteiger partial charge in [-0.15, -0.1) is 0 Å². The fourth-order valence-electron chi connectivity index (χ4n) is 2.32. The topological polar surface area (TPSA) is 88.1 Å². The Kier molecular flexibility index (Phi) is 7.03. The predicted molar refractivity (Wildman–Crippen MR) is 103 cm³/mol. The van der Waals surface area contributed by atoms with Crippen molar-refractivity contribution in [3.8, 4) is 0 Å². The Morgan fingerprint density at radius 1 is 1.31 bits per heavy atom. The Labute approximate surface area is 158 Å². The number of urea groups is 1. The molecule has 0 atom stereocenters. The van der Waals surface area contributed by atoms with E-state index < -0.39 is 0 Å². The van der Waals surface area contributed by atoms with Crippen LogP contribution in [0.15, 0.2) is 30.6 Å². The lowest BCUT2D eigenvalue weighted by Crippen LogP contribution is -2.31. The van der Waals surface area contributed by atoms with Gasteiger partial charge in [-0.1, -0.05) is 11.6 Å². The Morgan fingerprint density at radius 2 is 2.08 bits per heavy atom. The highest BCUT2D eigenvalue weighted by molar-refractivity contribution is 6.34. The molecule has 0 aliphatic heterocycles. The SMILES string of the molecule is Cc1cnn(CCCNC(=O)Nc2ccc(C(=O)NC(C)C)c(Cl)c2)c1. The number of carbonyl (C=O) groups is 2. The van der Waals surface area contributed by atoms with Gasteiger partial charge in [0.1, 0.15) is 0 Å². The lowest BCUT2D eigenvalue weighted by molar-refractivity contribution is 0.0943. The fraction of sp³-hybridized carbons (Fsp3) is 0.389. The maximum absolute atomic E-state index is 12.0. The molecular formula is C18H24ClN5O2. The number of hydrogen-bond acceptors (Lipinski definition) is 3. The number of hydrogen-bond donors (Lipinski definition) is 3. The maximum atomic E-state index is 12.0. The molecule has 0 bridgehead atoms. The Morgan fingerprint density at radius 3 is 2.69 bits per heavy atom. The monoisotopic (exact) mass is 377 g/mol. The van der Waals surface area contributed by atoms with E-state index in [9.17, 15) is 9.59 Å². The standard InChI is InChI=1S/C18H24ClN5O2/c1-12(2)22-17(25)15-6-5-14(9-16(15)19)23-18(26)20-7-4-8-24-11-13(3)10-21-24/h5-6,9-12H,4,7-8H2,1-3H3,(H,22,25)(H2,20,23,26). The summed E-state index contributed by atoms with van der Waals surface area (Å²) in [5.74, 6) is -0.241. The molecule has 140 valence electrons. The Balaban J connectivity index is 1.79. The molecule has 0 fully saturated rings. The second-order valence-electron chi connectivity index (χ2n) is 6.34. The summed E-state index contributed by atoms with van der Waals surface area (Å²) in [6, 6.07) is 4.50. The van der Waals surface area contributed by atoms with Crippen molar-refractivity contribution < 1.29 is 9.59 Å². The van der Waals surface area contributed by atoms with Gasteiger partial charge in [-0.05, 0) is 51.0 Å². The third kappa shape index (κ3) is 6.07. The fourth-order valence-corrected chi connectivity index (χ4v) is 2.59. The number of carbonyl (C=O) groups excluding carboxylic acids is 2. The lowest BCUT2D eigenvalue weighted by atomic mass is 10.2. The zero-order chi connectivity index (χ0) is 19.1. The van der Waals surface area contributed by atoms with Crippen molar-refractivity contribution >= 4 is 29.2 Å². The van der Waals surface area contributed by atoms with E-state index in [1.165, 1.54) is 0 Å². The molecule has 3 N–H and O–H groups in total. The highest BCUT2D eigenvalue weighted by Crippen LogP contribution is 2.21. The summed E-state index contributed by atoms with van der Waals surface area (Å²) in [5, 5.41) is 12.7. The minimum absolute atomic E-state index is 0.0211. The zero-order valence-electron chi connectivity index (χ0n) is 15.2. The summed E-state index contributed by atoms with van der Waals surface area (Å²) >= 11 is 6.15. The first-order valence-corrected chi connectivity index (χ1v) is 8.87. The van der Waals surface area contributed by atoms with Crippen LogP contribution in [0.25, 0.3) is 0 Å². The van der Waals surface area contributed by atoms with Crippen LogP contribution in [0.5, 0.6) is 0 Å². The first kappa shape index (κ1) is 19.8.